The molecule has 0 fully saturated rings. The van der Waals surface area contributed by atoms with E-state index in [0.29, 0.717) is 22.8 Å². The average molecular weight is 570 g/mol. The topological polar surface area (TPSA) is 86.8 Å². The molecule has 3 rings (SSSR count). The van der Waals surface area contributed by atoms with Crippen LogP contribution in [0.25, 0.3) is 0 Å². The first-order valence-corrected chi connectivity index (χ1v) is 15.1. The highest BCUT2D eigenvalue weighted by molar-refractivity contribution is 7.92. The molecule has 0 aliphatic carbocycles. The van der Waals surface area contributed by atoms with Crippen LogP contribution in [-0.4, -0.2) is 50.5 Å². The molecule has 0 aliphatic heterocycles. The minimum absolute atomic E-state index is 0.143. The van der Waals surface area contributed by atoms with E-state index in [-0.39, 0.29) is 18.9 Å². The predicted molar refractivity (Wildman–Crippen MR) is 157 cm³/mol. The molecule has 208 valence electrons. The van der Waals surface area contributed by atoms with Gasteiger partial charge in [-0.05, 0) is 49.1 Å². The fraction of sp³-hybridized carbons (Fsp3) is 0.333. The largest absolute Gasteiger partial charge is 0.354 e. The molecule has 9 heteroatoms. The Hall–Kier alpha value is -3.36. The van der Waals surface area contributed by atoms with Gasteiger partial charge in [-0.25, -0.2) is 8.42 Å². The maximum Gasteiger partial charge on any atom is 0.244 e. The monoisotopic (exact) mass is 569 g/mol. The first kappa shape index (κ1) is 30.2. The van der Waals surface area contributed by atoms with Gasteiger partial charge in [0.15, 0.2) is 0 Å². The van der Waals surface area contributed by atoms with Crippen molar-refractivity contribution in [2.75, 3.05) is 23.7 Å². The van der Waals surface area contributed by atoms with E-state index in [2.05, 4.69) is 5.32 Å². The Balaban J connectivity index is 2.07. The summed E-state index contributed by atoms with van der Waals surface area (Å²) >= 11 is 6.19. The van der Waals surface area contributed by atoms with Gasteiger partial charge < -0.3 is 10.2 Å². The second kappa shape index (κ2) is 13.6. The van der Waals surface area contributed by atoms with Gasteiger partial charge in [-0.3, -0.25) is 13.9 Å². The lowest BCUT2D eigenvalue weighted by molar-refractivity contribution is -0.140. The molecular formula is C30H36ClN3O4S. The number of anilines is 1. The van der Waals surface area contributed by atoms with Crippen molar-refractivity contribution in [1.82, 2.24) is 10.2 Å². The van der Waals surface area contributed by atoms with Crippen LogP contribution in [0.2, 0.25) is 5.02 Å². The average Bonchev–Trinajstić information content (AvgIpc) is 2.89. The van der Waals surface area contributed by atoms with Crippen molar-refractivity contribution in [2.45, 2.75) is 46.2 Å². The molecule has 0 saturated carbocycles. The van der Waals surface area contributed by atoms with Gasteiger partial charge in [-0.2, -0.15) is 0 Å². The lowest BCUT2D eigenvalue weighted by atomic mass is 10.0. The molecule has 3 aromatic rings. The second-order valence-electron chi connectivity index (χ2n) is 9.71. The molecule has 1 unspecified atom stereocenters. The summed E-state index contributed by atoms with van der Waals surface area (Å²) in [5, 5.41) is 3.29. The smallest absolute Gasteiger partial charge is 0.244 e. The highest BCUT2D eigenvalue weighted by atomic mass is 35.5. The maximum atomic E-state index is 14.1. The van der Waals surface area contributed by atoms with Crippen LogP contribution in [-0.2, 0) is 32.6 Å². The highest BCUT2D eigenvalue weighted by Crippen LogP contribution is 2.27. The summed E-state index contributed by atoms with van der Waals surface area (Å²) in [4.78, 5) is 29.1. The van der Waals surface area contributed by atoms with Gasteiger partial charge in [0.25, 0.3) is 0 Å². The summed E-state index contributed by atoms with van der Waals surface area (Å²) in [6.45, 7) is 5.81. The summed E-state index contributed by atoms with van der Waals surface area (Å²) in [5.41, 5.74) is 3.73. The van der Waals surface area contributed by atoms with Crippen molar-refractivity contribution in [3.63, 3.8) is 0 Å². The van der Waals surface area contributed by atoms with Crippen molar-refractivity contribution < 1.29 is 18.0 Å². The third-order valence-electron chi connectivity index (χ3n) is 6.37. The zero-order chi connectivity index (χ0) is 28.6. The summed E-state index contributed by atoms with van der Waals surface area (Å²) in [7, 11) is -3.86. The summed E-state index contributed by atoms with van der Waals surface area (Å²) in [6, 6.07) is 21.2. The second-order valence-corrected chi connectivity index (χ2v) is 12.1. The van der Waals surface area contributed by atoms with E-state index < -0.39 is 28.5 Å². The third kappa shape index (κ3) is 8.57. The van der Waals surface area contributed by atoms with Gasteiger partial charge in [0.1, 0.15) is 12.6 Å². The van der Waals surface area contributed by atoms with E-state index in [9.17, 15) is 18.0 Å². The number of aryl methyl sites for hydroxylation is 2. The number of hydrogen-bond donors (Lipinski definition) is 1. The number of halogens is 1. The van der Waals surface area contributed by atoms with Crippen molar-refractivity contribution in [2.24, 2.45) is 0 Å². The zero-order valence-electron chi connectivity index (χ0n) is 22.9. The normalized spacial score (nSPS) is 12.0. The Labute approximate surface area is 236 Å². The lowest BCUT2D eigenvalue weighted by Gasteiger charge is -2.34. The van der Waals surface area contributed by atoms with E-state index in [1.807, 2.05) is 68.4 Å². The fourth-order valence-corrected chi connectivity index (χ4v) is 5.44. The molecule has 39 heavy (non-hydrogen) atoms. The van der Waals surface area contributed by atoms with Crippen LogP contribution in [0, 0.1) is 13.8 Å². The van der Waals surface area contributed by atoms with Crippen LogP contribution in [0.15, 0.2) is 72.8 Å². The van der Waals surface area contributed by atoms with Gasteiger partial charge >= 0.3 is 0 Å². The van der Waals surface area contributed by atoms with E-state index >= 15 is 0 Å². The van der Waals surface area contributed by atoms with Crippen LogP contribution >= 0.6 is 11.6 Å². The first-order valence-electron chi connectivity index (χ1n) is 12.9. The van der Waals surface area contributed by atoms with Gasteiger partial charge in [-0.1, -0.05) is 84.8 Å². The zero-order valence-corrected chi connectivity index (χ0v) is 24.4. The van der Waals surface area contributed by atoms with E-state index in [1.54, 1.807) is 19.1 Å². The molecule has 0 bridgehead atoms. The number of hydrogen-bond acceptors (Lipinski definition) is 4. The standard InChI is InChI=1S/C30H36ClN3O4S/c1-5-16-32-30(36)28(18-24-11-7-6-8-12-24)33(20-25-13-9-10-22(2)17-25)29(35)21-34(39(4,37)38)27-19-26(31)15-14-23(27)3/h6-15,17,19,28H,5,16,18,20-21H2,1-4H3,(H,32,36). The lowest BCUT2D eigenvalue weighted by Crippen LogP contribution is -2.53. The molecule has 0 aromatic heterocycles. The van der Waals surface area contributed by atoms with Crippen LogP contribution in [0.5, 0.6) is 0 Å². The molecule has 3 aromatic carbocycles. The molecule has 2 amide bonds. The third-order valence-corrected chi connectivity index (χ3v) is 7.74. The maximum absolute atomic E-state index is 14.1. The summed E-state index contributed by atoms with van der Waals surface area (Å²) < 4.78 is 26.9. The minimum Gasteiger partial charge on any atom is -0.354 e. The van der Waals surface area contributed by atoms with Crippen LogP contribution < -0.4 is 9.62 Å². The Morgan fingerprint density at radius 1 is 0.949 bits per heavy atom. The van der Waals surface area contributed by atoms with Crippen molar-refractivity contribution >= 4 is 39.1 Å². The quantitative estimate of drug-likeness (QED) is 0.336. The van der Waals surface area contributed by atoms with Crippen LogP contribution in [0.4, 0.5) is 5.69 Å². The highest BCUT2D eigenvalue weighted by Gasteiger charge is 2.33. The number of nitrogens with zero attached hydrogens (tertiary/aromatic N) is 2. The SMILES string of the molecule is CCCNC(=O)C(Cc1ccccc1)N(Cc1cccc(C)c1)C(=O)CN(c1cc(Cl)ccc1C)S(C)(=O)=O. The van der Waals surface area contributed by atoms with E-state index in [4.69, 9.17) is 11.6 Å². The fourth-order valence-electron chi connectivity index (χ4n) is 4.37. The molecule has 1 atom stereocenters. The minimum atomic E-state index is -3.86. The van der Waals surface area contributed by atoms with Gasteiger partial charge in [0, 0.05) is 24.5 Å². The number of rotatable bonds is 12. The van der Waals surface area contributed by atoms with E-state index in [1.165, 1.54) is 11.0 Å². The van der Waals surface area contributed by atoms with Crippen LogP contribution in [0.1, 0.15) is 35.6 Å². The van der Waals surface area contributed by atoms with Gasteiger partial charge in [-0.15, -0.1) is 0 Å². The number of carbonyl (C=O) groups is 2. The molecule has 0 heterocycles. The predicted octanol–water partition coefficient (Wildman–Crippen LogP) is 4.89. The van der Waals surface area contributed by atoms with Crippen molar-refractivity contribution in [1.29, 1.82) is 0 Å². The van der Waals surface area contributed by atoms with Gasteiger partial charge in [0.2, 0.25) is 21.8 Å². The van der Waals surface area contributed by atoms with Gasteiger partial charge in [0.05, 0.1) is 11.9 Å². The molecule has 0 saturated heterocycles. The summed E-state index contributed by atoms with van der Waals surface area (Å²) in [5.74, 6) is -0.777. The molecule has 0 aliphatic rings. The number of benzene rings is 3. The molecular weight excluding hydrogens is 534 g/mol. The Morgan fingerprint density at radius 3 is 2.28 bits per heavy atom. The van der Waals surface area contributed by atoms with Crippen LogP contribution in [0.3, 0.4) is 0 Å². The van der Waals surface area contributed by atoms with Crippen molar-refractivity contribution in [3.05, 3.63) is 100 Å². The molecule has 0 spiro atoms. The van der Waals surface area contributed by atoms with E-state index in [0.717, 1.165) is 33.7 Å². The Bertz CT molecular complexity index is 1400. The Morgan fingerprint density at radius 2 is 1.64 bits per heavy atom. The Kier molecular flexibility index (Phi) is 10.5. The number of nitrogens with one attached hydrogen (secondary N) is 1. The number of amides is 2. The first-order chi connectivity index (χ1) is 18.5. The molecule has 1 N–H and O–H groups in total. The number of carbonyl (C=O) groups excluding carboxylic acids is 2. The molecule has 7 nitrogen and oxygen atoms in total. The molecule has 0 radical (unpaired) electrons. The van der Waals surface area contributed by atoms with Crippen molar-refractivity contribution in [3.8, 4) is 0 Å². The number of sulfonamides is 1. The summed E-state index contributed by atoms with van der Waals surface area (Å²) in [6.07, 6.45) is 2.08.